The van der Waals surface area contributed by atoms with Crippen LogP contribution in [0.5, 0.6) is 0 Å². The molecule has 0 fully saturated rings. The van der Waals surface area contributed by atoms with Crippen LogP contribution in [0.25, 0.3) is 10.9 Å². The van der Waals surface area contributed by atoms with Crippen molar-refractivity contribution in [2.24, 2.45) is 0 Å². The molecule has 0 aliphatic heterocycles. The van der Waals surface area contributed by atoms with Gasteiger partial charge in [-0.1, -0.05) is 0 Å². The lowest BCUT2D eigenvalue weighted by Gasteiger charge is -2.09. The Bertz CT molecular complexity index is 464. The largest absolute Gasteiger partial charge is 0.397 e. The van der Waals surface area contributed by atoms with Crippen molar-refractivity contribution in [3.8, 4) is 0 Å². The first-order valence-corrected chi connectivity index (χ1v) is 5.98. The smallest absolute Gasteiger partial charge is 0.0868 e. The molecular weight excluding hydrogens is 355 g/mol. The number of nitrogens with zero attached hydrogens (tertiary/aromatic N) is 1. The van der Waals surface area contributed by atoms with Crippen LogP contribution in [0.1, 0.15) is 5.56 Å². The van der Waals surface area contributed by atoms with Gasteiger partial charge in [0.2, 0.25) is 0 Å². The van der Waals surface area contributed by atoms with Crippen LogP contribution in [0, 0.1) is 10.5 Å². The highest BCUT2D eigenvalue weighted by molar-refractivity contribution is 14.1. The van der Waals surface area contributed by atoms with Crippen LogP contribution in [0.2, 0.25) is 0 Å². The predicted octanol–water partition coefficient (Wildman–Crippen LogP) is 3.49. The molecule has 1 aromatic carbocycles. The predicted molar refractivity (Wildman–Crippen MR) is 71.3 cm³/mol. The second-order valence-electron chi connectivity index (χ2n) is 3.07. The lowest BCUT2D eigenvalue weighted by Crippen LogP contribution is -1.96. The van der Waals surface area contributed by atoms with E-state index in [1.54, 1.807) is 6.20 Å². The van der Waals surface area contributed by atoms with E-state index in [4.69, 9.17) is 5.73 Å². The second-order valence-corrected chi connectivity index (χ2v) is 4.94. The van der Waals surface area contributed by atoms with Gasteiger partial charge in [-0.25, -0.2) is 0 Å². The van der Waals surface area contributed by atoms with Gasteiger partial charge in [0.05, 0.1) is 11.2 Å². The molecule has 2 rings (SSSR count). The van der Waals surface area contributed by atoms with Crippen molar-refractivity contribution in [3.05, 3.63) is 31.9 Å². The third kappa shape index (κ3) is 1.40. The zero-order valence-electron chi connectivity index (χ0n) is 7.51. The van der Waals surface area contributed by atoms with E-state index in [0.717, 1.165) is 30.2 Å². The molecule has 0 atom stereocenters. The van der Waals surface area contributed by atoms with Gasteiger partial charge in [0.25, 0.3) is 0 Å². The highest BCUT2D eigenvalue weighted by atomic mass is 127. The molecule has 0 radical (unpaired) electrons. The van der Waals surface area contributed by atoms with Gasteiger partial charge in [-0.15, -0.1) is 0 Å². The van der Waals surface area contributed by atoms with Crippen LogP contribution >= 0.6 is 38.5 Å². The van der Waals surface area contributed by atoms with Crippen LogP contribution in [0.3, 0.4) is 0 Å². The van der Waals surface area contributed by atoms with Gasteiger partial charge < -0.3 is 5.73 Å². The number of hydrogen-bond acceptors (Lipinski definition) is 2. The Morgan fingerprint density at radius 3 is 2.93 bits per heavy atom. The minimum absolute atomic E-state index is 0.814. The van der Waals surface area contributed by atoms with E-state index in [-0.39, 0.29) is 0 Å². The summed E-state index contributed by atoms with van der Waals surface area (Å²) in [5, 5.41) is 1.01. The van der Waals surface area contributed by atoms with Gasteiger partial charge in [-0.2, -0.15) is 0 Å². The number of benzene rings is 1. The first-order chi connectivity index (χ1) is 6.63. The molecular formula is C10H8BrIN2. The molecule has 1 aromatic heterocycles. The highest BCUT2D eigenvalue weighted by Crippen LogP contribution is 2.34. The minimum atomic E-state index is 0.814. The minimum Gasteiger partial charge on any atom is -0.397 e. The fraction of sp³-hybridized carbons (Fsp3) is 0.100. The number of aromatic nitrogens is 1. The number of anilines is 1. The Hall–Kier alpha value is -0.360. The summed E-state index contributed by atoms with van der Waals surface area (Å²) in [4.78, 5) is 4.31. The molecule has 0 saturated carbocycles. The van der Waals surface area contributed by atoms with Crippen molar-refractivity contribution >= 4 is 55.1 Å². The summed E-state index contributed by atoms with van der Waals surface area (Å²) in [5.41, 5.74) is 8.91. The standard InChI is InChI=1S/C10H8BrIN2/c1-5-7(11)10-6(3-2-4-14-10)9(13)8(5)12/h2-4H,13H2,1H3. The van der Waals surface area contributed by atoms with Crippen molar-refractivity contribution < 1.29 is 0 Å². The average Bonchev–Trinajstić information content (AvgIpc) is 2.23. The SMILES string of the molecule is Cc1c(I)c(N)c2cccnc2c1Br. The molecule has 72 valence electrons. The molecule has 0 amide bonds. The average molecular weight is 363 g/mol. The van der Waals surface area contributed by atoms with E-state index in [2.05, 4.69) is 43.5 Å². The summed E-state index contributed by atoms with van der Waals surface area (Å²) in [6, 6.07) is 3.89. The fourth-order valence-electron chi connectivity index (χ4n) is 1.39. The molecule has 0 unspecified atom stereocenters. The topological polar surface area (TPSA) is 38.9 Å². The lowest BCUT2D eigenvalue weighted by atomic mass is 10.1. The van der Waals surface area contributed by atoms with E-state index >= 15 is 0 Å². The van der Waals surface area contributed by atoms with Crippen LogP contribution in [0.15, 0.2) is 22.8 Å². The van der Waals surface area contributed by atoms with Gasteiger partial charge in [0.15, 0.2) is 0 Å². The fourth-order valence-corrected chi connectivity index (χ4v) is 2.84. The number of fused-ring (bicyclic) bond motifs is 1. The van der Waals surface area contributed by atoms with Gasteiger partial charge >= 0.3 is 0 Å². The van der Waals surface area contributed by atoms with Gasteiger partial charge in [-0.3, -0.25) is 4.98 Å². The molecule has 0 bridgehead atoms. The molecule has 0 spiro atoms. The summed E-state index contributed by atoms with van der Waals surface area (Å²) >= 11 is 5.80. The maximum atomic E-state index is 6.02. The Morgan fingerprint density at radius 2 is 2.21 bits per heavy atom. The molecule has 0 aliphatic rings. The highest BCUT2D eigenvalue weighted by Gasteiger charge is 2.11. The summed E-state index contributed by atoms with van der Waals surface area (Å²) < 4.78 is 2.13. The quantitative estimate of drug-likeness (QED) is 0.575. The van der Waals surface area contributed by atoms with Crippen LogP contribution < -0.4 is 5.73 Å². The lowest BCUT2D eigenvalue weighted by molar-refractivity contribution is 1.35. The van der Waals surface area contributed by atoms with Crippen LogP contribution in [-0.4, -0.2) is 4.98 Å². The number of rotatable bonds is 0. The zero-order valence-corrected chi connectivity index (χ0v) is 11.3. The molecule has 0 aliphatic carbocycles. The summed E-state index contributed by atoms with van der Waals surface area (Å²) in [5.74, 6) is 0. The van der Waals surface area contributed by atoms with Gasteiger partial charge in [0.1, 0.15) is 0 Å². The molecule has 4 heteroatoms. The Kier molecular flexibility index (Phi) is 2.66. The first-order valence-electron chi connectivity index (χ1n) is 4.10. The van der Waals surface area contributed by atoms with E-state index in [9.17, 15) is 0 Å². The van der Waals surface area contributed by atoms with Crippen LogP contribution in [0.4, 0.5) is 5.69 Å². The van der Waals surface area contributed by atoms with Crippen molar-refractivity contribution in [3.63, 3.8) is 0 Å². The monoisotopic (exact) mass is 362 g/mol. The molecule has 1 heterocycles. The number of nitrogen functional groups attached to an aromatic ring is 1. The number of nitrogens with two attached hydrogens (primary N) is 1. The van der Waals surface area contributed by atoms with E-state index in [0.29, 0.717) is 0 Å². The number of hydrogen-bond donors (Lipinski definition) is 1. The van der Waals surface area contributed by atoms with E-state index in [1.165, 1.54) is 0 Å². The van der Waals surface area contributed by atoms with E-state index in [1.807, 2.05) is 19.1 Å². The van der Waals surface area contributed by atoms with Gasteiger partial charge in [0, 0.05) is 19.6 Å². The molecule has 2 aromatic rings. The third-order valence-corrected chi connectivity index (χ3v) is 4.56. The third-order valence-electron chi connectivity index (χ3n) is 2.20. The summed E-state index contributed by atoms with van der Waals surface area (Å²) in [6.07, 6.45) is 1.78. The van der Waals surface area contributed by atoms with Gasteiger partial charge in [-0.05, 0) is 63.1 Å². The van der Waals surface area contributed by atoms with E-state index < -0.39 is 0 Å². The zero-order chi connectivity index (χ0) is 10.3. The Morgan fingerprint density at radius 1 is 1.50 bits per heavy atom. The van der Waals surface area contributed by atoms with Crippen molar-refractivity contribution in [1.29, 1.82) is 0 Å². The summed E-state index contributed by atoms with van der Waals surface area (Å²) in [6.45, 7) is 2.04. The molecule has 0 saturated heterocycles. The van der Waals surface area contributed by atoms with Crippen LogP contribution in [-0.2, 0) is 0 Å². The maximum absolute atomic E-state index is 6.02. The number of halogens is 2. The maximum Gasteiger partial charge on any atom is 0.0868 e. The second kappa shape index (κ2) is 3.66. The molecule has 2 N–H and O–H groups in total. The molecule has 2 nitrogen and oxygen atoms in total. The first kappa shape index (κ1) is 10.2. The number of pyridine rings is 1. The normalized spacial score (nSPS) is 10.8. The van der Waals surface area contributed by atoms with Crippen molar-refractivity contribution in [2.45, 2.75) is 6.92 Å². The molecule has 14 heavy (non-hydrogen) atoms. The Balaban J connectivity index is 3.02. The summed E-state index contributed by atoms with van der Waals surface area (Å²) in [7, 11) is 0. The Labute approximate surface area is 104 Å². The van der Waals surface area contributed by atoms with Crippen molar-refractivity contribution in [1.82, 2.24) is 4.98 Å². The van der Waals surface area contributed by atoms with Crippen molar-refractivity contribution in [2.75, 3.05) is 5.73 Å².